The molecule has 3 N–H and O–H groups in total. The van der Waals surface area contributed by atoms with E-state index in [1.165, 1.54) is 43.2 Å². The molecule has 1 saturated heterocycles. The Hall–Kier alpha value is -1.80. The number of rotatable bonds is 2. The second-order valence-corrected chi connectivity index (χ2v) is 7.45. The van der Waals surface area contributed by atoms with Crippen LogP contribution in [0.15, 0.2) is 47.7 Å². The van der Waals surface area contributed by atoms with Gasteiger partial charge in [-0.3, -0.25) is 0 Å². The van der Waals surface area contributed by atoms with Crippen LogP contribution in [-0.2, 0) is 6.42 Å². The highest BCUT2D eigenvalue weighted by molar-refractivity contribution is 5.75. The van der Waals surface area contributed by atoms with Crippen molar-refractivity contribution in [3.63, 3.8) is 0 Å². The normalized spacial score (nSPS) is 23.6. The Balaban J connectivity index is 2.08. The van der Waals surface area contributed by atoms with E-state index in [1.807, 2.05) is 6.08 Å². The molecule has 2 heteroatoms. The largest absolute Gasteiger partial charge is 0.405 e. The maximum Gasteiger partial charge on any atom is 0.00255 e. The lowest BCUT2D eigenvalue weighted by Crippen LogP contribution is -2.25. The summed E-state index contributed by atoms with van der Waals surface area (Å²) in [4.78, 5) is 0. The molecule has 1 atom stereocenters. The van der Waals surface area contributed by atoms with Gasteiger partial charge in [0.2, 0.25) is 0 Å². The highest BCUT2D eigenvalue weighted by Crippen LogP contribution is 2.40. The molecule has 1 aromatic carbocycles. The molecular weight excluding hydrogens is 304 g/mol. The molecule has 0 bridgehead atoms. The molecular formula is C23H32N2. The number of hydrogen-bond donors (Lipinski definition) is 2. The van der Waals surface area contributed by atoms with Crippen LogP contribution in [0.2, 0.25) is 0 Å². The van der Waals surface area contributed by atoms with Crippen molar-refractivity contribution in [1.29, 1.82) is 0 Å². The van der Waals surface area contributed by atoms with Gasteiger partial charge in [-0.15, -0.1) is 0 Å². The molecule has 1 heterocycles. The van der Waals surface area contributed by atoms with Crippen LogP contribution in [0.1, 0.15) is 55.7 Å². The molecule has 3 rings (SSSR count). The van der Waals surface area contributed by atoms with Crippen LogP contribution in [0.25, 0.3) is 5.57 Å². The third-order valence-corrected chi connectivity index (χ3v) is 5.69. The van der Waals surface area contributed by atoms with E-state index in [0.717, 1.165) is 19.5 Å². The standard InChI is InChI=1S/C23H32N2/c1-17-9-10-22-21(16-17)8-5-7-19(6-3-4-13-24)18(2)23(22)20-11-14-25-15-12-20/h4,6,9-10,13,16,18,25H,3,5,7-8,11-12,14-15,24H2,1-2H3/b13-4-,19-6-. The zero-order valence-corrected chi connectivity index (χ0v) is 15.8. The first-order chi connectivity index (χ1) is 12.2. The molecule has 134 valence electrons. The molecule has 25 heavy (non-hydrogen) atoms. The van der Waals surface area contributed by atoms with Crippen LogP contribution in [0.5, 0.6) is 0 Å². The second-order valence-electron chi connectivity index (χ2n) is 7.45. The fraction of sp³-hybridized carbons (Fsp3) is 0.478. The van der Waals surface area contributed by atoms with Gasteiger partial charge in [0.25, 0.3) is 0 Å². The molecule has 1 aliphatic heterocycles. The summed E-state index contributed by atoms with van der Waals surface area (Å²) in [5.41, 5.74) is 14.8. The van der Waals surface area contributed by atoms with Crippen LogP contribution in [0, 0.1) is 12.8 Å². The minimum absolute atomic E-state index is 0.501. The molecule has 1 fully saturated rings. The van der Waals surface area contributed by atoms with Gasteiger partial charge in [-0.2, -0.15) is 0 Å². The highest BCUT2D eigenvalue weighted by Gasteiger charge is 2.24. The maximum absolute atomic E-state index is 5.53. The third kappa shape index (κ3) is 4.24. The van der Waals surface area contributed by atoms with E-state index in [9.17, 15) is 0 Å². The molecule has 1 aromatic rings. The fourth-order valence-corrected chi connectivity index (χ4v) is 4.38. The number of hydrogen-bond acceptors (Lipinski definition) is 2. The molecule has 0 saturated carbocycles. The van der Waals surface area contributed by atoms with Crippen LogP contribution < -0.4 is 11.1 Å². The summed E-state index contributed by atoms with van der Waals surface area (Å²) >= 11 is 0. The minimum Gasteiger partial charge on any atom is -0.405 e. The van der Waals surface area contributed by atoms with Gasteiger partial charge in [0, 0.05) is 5.92 Å². The van der Waals surface area contributed by atoms with E-state index in [4.69, 9.17) is 5.73 Å². The first kappa shape index (κ1) is 18.0. The van der Waals surface area contributed by atoms with E-state index >= 15 is 0 Å². The molecule has 0 spiro atoms. The monoisotopic (exact) mass is 336 g/mol. The lowest BCUT2D eigenvalue weighted by atomic mass is 9.76. The smallest absolute Gasteiger partial charge is 0.00255 e. The summed E-state index contributed by atoms with van der Waals surface area (Å²) in [6.07, 6.45) is 13.1. The maximum atomic E-state index is 5.53. The lowest BCUT2D eigenvalue weighted by molar-refractivity contribution is 0.604. The number of nitrogens with one attached hydrogen (secondary N) is 1. The van der Waals surface area contributed by atoms with Gasteiger partial charge < -0.3 is 11.1 Å². The van der Waals surface area contributed by atoms with Crippen molar-refractivity contribution in [2.24, 2.45) is 11.7 Å². The Bertz CT molecular complexity index is 686. The van der Waals surface area contributed by atoms with E-state index in [0.29, 0.717) is 5.92 Å². The first-order valence-electron chi connectivity index (χ1n) is 9.79. The topological polar surface area (TPSA) is 38.0 Å². The number of benzene rings is 1. The average Bonchev–Trinajstić information content (AvgIpc) is 2.62. The SMILES string of the molecule is Cc1ccc2c(c1)CCC/C(=C/C/C=C\N)C(C)C2=C1CCNCC1. The summed E-state index contributed by atoms with van der Waals surface area (Å²) in [7, 11) is 0. The number of piperidine rings is 1. The summed E-state index contributed by atoms with van der Waals surface area (Å²) in [6, 6.07) is 7.08. The van der Waals surface area contributed by atoms with Crippen molar-refractivity contribution >= 4 is 5.57 Å². The number of nitrogens with two attached hydrogens (primary N) is 1. The van der Waals surface area contributed by atoms with Crippen molar-refractivity contribution in [3.05, 3.63) is 64.4 Å². The summed E-state index contributed by atoms with van der Waals surface area (Å²) in [5, 5.41) is 3.51. The molecule has 0 radical (unpaired) electrons. The predicted octanol–water partition coefficient (Wildman–Crippen LogP) is 4.89. The fourth-order valence-electron chi connectivity index (χ4n) is 4.38. The van der Waals surface area contributed by atoms with Crippen LogP contribution in [-0.4, -0.2) is 13.1 Å². The molecule has 1 aliphatic carbocycles. The van der Waals surface area contributed by atoms with E-state index in [2.05, 4.69) is 43.4 Å². The quantitative estimate of drug-likeness (QED) is 0.754. The van der Waals surface area contributed by atoms with Crippen molar-refractivity contribution in [2.75, 3.05) is 13.1 Å². The summed E-state index contributed by atoms with van der Waals surface area (Å²) in [5.74, 6) is 0.501. The van der Waals surface area contributed by atoms with Crippen molar-refractivity contribution in [2.45, 2.75) is 52.4 Å². The first-order valence-corrected chi connectivity index (χ1v) is 9.79. The Morgan fingerprint density at radius 1 is 1.16 bits per heavy atom. The Morgan fingerprint density at radius 2 is 1.96 bits per heavy atom. The van der Waals surface area contributed by atoms with Crippen molar-refractivity contribution < 1.29 is 0 Å². The average molecular weight is 337 g/mol. The van der Waals surface area contributed by atoms with Crippen LogP contribution in [0.4, 0.5) is 0 Å². The van der Waals surface area contributed by atoms with Gasteiger partial charge >= 0.3 is 0 Å². The Labute approximate surface area is 152 Å². The summed E-state index contributed by atoms with van der Waals surface area (Å²) < 4.78 is 0. The van der Waals surface area contributed by atoms with Gasteiger partial charge in [0.15, 0.2) is 0 Å². The molecule has 2 nitrogen and oxygen atoms in total. The Kier molecular flexibility index (Phi) is 6.14. The minimum atomic E-state index is 0.501. The van der Waals surface area contributed by atoms with E-state index in [-0.39, 0.29) is 0 Å². The zero-order valence-electron chi connectivity index (χ0n) is 15.8. The van der Waals surface area contributed by atoms with Crippen molar-refractivity contribution in [3.8, 4) is 0 Å². The highest BCUT2D eigenvalue weighted by atomic mass is 14.9. The van der Waals surface area contributed by atoms with Gasteiger partial charge in [0.1, 0.15) is 0 Å². The van der Waals surface area contributed by atoms with Gasteiger partial charge in [-0.1, -0.05) is 54.0 Å². The number of aryl methyl sites for hydroxylation is 2. The van der Waals surface area contributed by atoms with E-state index in [1.54, 1.807) is 28.5 Å². The Morgan fingerprint density at radius 3 is 2.72 bits per heavy atom. The number of allylic oxidation sites excluding steroid dienone is 4. The van der Waals surface area contributed by atoms with Gasteiger partial charge in [-0.25, -0.2) is 0 Å². The van der Waals surface area contributed by atoms with Crippen LogP contribution >= 0.6 is 0 Å². The van der Waals surface area contributed by atoms with Gasteiger partial charge in [-0.05, 0) is 81.4 Å². The molecule has 2 aliphatic rings. The van der Waals surface area contributed by atoms with Crippen LogP contribution in [0.3, 0.4) is 0 Å². The molecule has 0 aromatic heterocycles. The predicted molar refractivity (Wildman–Crippen MR) is 108 cm³/mol. The molecule has 1 unspecified atom stereocenters. The summed E-state index contributed by atoms with van der Waals surface area (Å²) in [6.45, 7) is 6.85. The van der Waals surface area contributed by atoms with E-state index < -0.39 is 0 Å². The number of fused-ring (bicyclic) bond motifs is 1. The third-order valence-electron chi connectivity index (χ3n) is 5.69. The molecule has 0 amide bonds. The van der Waals surface area contributed by atoms with Gasteiger partial charge in [0.05, 0.1) is 0 Å². The van der Waals surface area contributed by atoms with Crippen molar-refractivity contribution in [1.82, 2.24) is 5.32 Å². The lowest BCUT2D eigenvalue weighted by Gasteiger charge is -2.30. The second kappa shape index (κ2) is 8.53. The zero-order chi connectivity index (χ0) is 17.6.